The molecule has 0 atom stereocenters. The minimum atomic E-state index is 0.689. The van der Waals surface area contributed by atoms with Crippen molar-refractivity contribution >= 4 is 17.0 Å². The third-order valence-electron chi connectivity index (χ3n) is 3.54. The van der Waals surface area contributed by atoms with Gasteiger partial charge in [0.2, 0.25) is 0 Å². The van der Waals surface area contributed by atoms with E-state index in [-0.39, 0.29) is 0 Å². The van der Waals surface area contributed by atoms with E-state index < -0.39 is 0 Å². The normalized spacial score (nSPS) is 11.0. The average molecular weight is 302 g/mol. The van der Waals surface area contributed by atoms with Crippen LogP contribution in [0, 0.1) is 5.92 Å². The van der Waals surface area contributed by atoms with Crippen LogP contribution in [0.15, 0.2) is 41.8 Å². The zero-order chi connectivity index (χ0) is 15.1. The molecule has 2 nitrogen and oxygen atoms in total. The molecule has 2 rings (SSSR count). The van der Waals surface area contributed by atoms with Gasteiger partial charge >= 0.3 is 0 Å². The van der Waals surface area contributed by atoms with Gasteiger partial charge < -0.3 is 10.2 Å². The molecular weight excluding hydrogens is 276 g/mol. The van der Waals surface area contributed by atoms with Crippen LogP contribution in [0.1, 0.15) is 24.3 Å². The maximum Gasteiger partial charge on any atom is 0.0409 e. The zero-order valence-corrected chi connectivity index (χ0v) is 14.1. The fourth-order valence-corrected chi connectivity index (χ4v) is 3.08. The molecular formula is C18H26N2S. The first kappa shape index (κ1) is 16.1. The van der Waals surface area contributed by atoms with Gasteiger partial charge in [0.1, 0.15) is 0 Å². The van der Waals surface area contributed by atoms with Crippen LogP contribution in [0.3, 0.4) is 0 Å². The van der Waals surface area contributed by atoms with Crippen molar-refractivity contribution in [2.75, 3.05) is 25.0 Å². The Hall–Kier alpha value is -1.32. The smallest absolute Gasteiger partial charge is 0.0409 e. The van der Waals surface area contributed by atoms with Crippen molar-refractivity contribution in [1.29, 1.82) is 0 Å². The second-order valence-electron chi connectivity index (χ2n) is 5.90. The van der Waals surface area contributed by atoms with E-state index in [1.807, 2.05) is 11.3 Å². The maximum absolute atomic E-state index is 3.54. The quantitative estimate of drug-likeness (QED) is 0.787. The summed E-state index contributed by atoms with van der Waals surface area (Å²) in [5.74, 6) is 0.689. The van der Waals surface area contributed by atoms with Crippen molar-refractivity contribution in [3.05, 3.63) is 52.2 Å². The highest BCUT2D eigenvalue weighted by atomic mass is 32.1. The maximum atomic E-state index is 3.54. The van der Waals surface area contributed by atoms with E-state index in [0.29, 0.717) is 5.92 Å². The Labute approximate surface area is 132 Å². The predicted molar refractivity (Wildman–Crippen MR) is 94.3 cm³/mol. The Balaban J connectivity index is 1.94. The van der Waals surface area contributed by atoms with Gasteiger partial charge in [-0.25, -0.2) is 0 Å². The number of nitrogens with zero attached hydrogens (tertiary/aromatic N) is 1. The van der Waals surface area contributed by atoms with Crippen LogP contribution in [0.5, 0.6) is 0 Å². The van der Waals surface area contributed by atoms with Gasteiger partial charge in [-0.2, -0.15) is 0 Å². The minimum absolute atomic E-state index is 0.689. The van der Waals surface area contributed by atoms with Crippen molar-refractivity contribution in [3.63, 3.8) is 0 Å². The van der Waals surface area contributed by atoms with Crippen molar-refractivity contribution in [2.24, 2.45) is 5.92 Å². The topological polar surface area (TPSA) is 15.3 Å². The summed E-state index contributed by atoms with van der Waals surface area (Å²) in [5.41, 5.74) is 2.72. The van der Waals surface area contributed by atoms with Gasteiger partial charge in [0.25, 0.3) is 0 Å². The summed E-state index contributed by atoms with van der Waals surface area (Å²) < 4.78 is 0. The standard InChI is InChI=1S/C18H26N2S/c1-15(2)13-19-14-16-7-4-5-9-18(16)20(3)11-10-17-8-6-12-21-17/h4-9,12,15,19H,10-11,13-14H2,1-3H3. The van der Waals surface area contributed by atoms with Crippen LogP contribution in [-0.4, -0.2) is 20.1 Å². The third kappa shape index (κ3) is 5.18. The Morgan fingerprint density at radius 1 is 1.14 bits per heavy atom. The van der Waals surface area contributed by atoms with Crippen LogP contribution in [0.25, 0.3) is 0 Å². The largest absolute Gasteiger partial charge is 0.374 e. The molecule has 1 aromatic heterocycles. The molecule has 21 heavy (non-hydrogen) atoms. The molecule has 0 aliphatic rings. The molecule has 0 bridgehead atoms. The first-order valence-electron chi connectivity index (χ1n) is 7.69. The molecule has 3 heteroatoms. The highest BCUT2D eigenvalue weighted by Gasteiger charge is 2.07. The molecule has 0 radical (unpaired) electrons. The molecule has 0 aliphatic carbocycles. The number of hydrogen-bond donors (Lipinski definition) is 1. The molecule has 1 heterocycles. The van der Waals surface area contributed by atoms with Gasteiger partial charge in [-0.15, -0.1) is 11.3 Å². The highest BCUT2D eigenvalue weighted by Crippen LogP contribution is 2.20. The van der Waals surface area contributed by atoms with E-state index in [9.17, 15) is 0 Å². The summed E-state index contributed by atoms with van der Waals surface area (Å²) in [7, 11) is 2.19. The van der Waals surface area contributed by atoms with E-state index in [2.05, 4.69) is 72.9 Å². The number of likely N-dealkylation sites (N-methyl/N-ethyl adjacent to an activating group) is 1. The summed E-state index contributed by atoms with van der Waals surface area (Å²) in [4.78, 5) is 3.82. The van der Waals surface area contributed by atoms with E-state index >= 15 is 0 Å². The SMILES string of the molecule is CC(C)CNCc1ccccc1N(C)CCc1cccs1. The van der Waals surface area contributed by atoms with E-state index in [1.165, 1.54) is 16.1 Å². The predicted octanol–water partition coefficient (Wildman–Crippen LogP) is 4.17. The second kappa shape index (κ2) is 8.20. The third-order valence-corrected chi connectivity index (χ3v) is 4.48. The van der Waals surface area contributed by atoms with Crippen molar-refractivity contribution in [1.82, 2.24) is 5.32 Å². The van der Waals surface area contributed by atoms with Crippen LogP contribution >= 0.6 is 11.3 Å². The van der Waals surface area contributed by atoms with E-state index in [4.69, 9.17) is 0 Å². The number of benzene rings is 1. The molecule has 1 N–H and O–H groups in total. The van der Waals surface area contributed by atoms with Gasteiger partial charge in [0.15, 0.2) is 0 Å². The summed E-state index contributed by atoms with van der Waals surface area (Å²) in [5, 5.41) is 5.69. The summed E-state index contributed by atoms with van der Waals surface area (Å²) in [6, 6.07) is 13.1. The van der Waals surface area contributed by atoms with Gasteiger partial charge in [-0.1, -0.05) is 38.1 Å². The summed E-state index contributed by atoms with van der Waals surface area (Å²) >= 11 is 1.84. The second-order valence-corrected chi connectivity index (χ2v) is 6.94. The number of hydrogen-bond acceptors (Lipinski definition) is 3. The Morgan fingerprint density at radius 3 is 2.67 bits per heavy atom. The number of thiophene rings is 1. The first-order chi connectivity index (χ1) is 10.2. The summed E-state index contributed by atoms with van der Waals surface area (Å²) in [6.45, 7) is 7.55. The number of para-hydroxylation sites is 1. The molecule has 2 aromatic rings. The van der Waals surface area contributed by atoms with Crippen LogP contribution in [-0.2, 0) is 13.0 Å². The molecule has 0 amide bonds. The highest BCUT2D eigenvalue weighted by molar-refractivity contribution is 7.09. The van der Waals surface area contributed by atoms with E-state index in [0.717, 1.165) is 26.1 Å². The lowest BCUT2D eigenvalue weighted by atomic mass is 10.1. The van der Waals surface area contributed by atoms with Crippen LogP contribution < -0.4 is 10.2 Å². The lowest BCUT2D eigenvalue weighted by Crippen LogP contribution is -2.24. The van der Waals surface area contributed by atoms with Crippen LogP contribution in [0.2, 0.25) is 0 Å². The molecule has 0 spiro atoms. The molecule has 0 saturated heterocycles. The molecule has 0 fully saturated rings. The van der Waals surface area contributed by atoms with Crippen molar-refractivity contribution in [3.8, 4) is 0 Å². The van der Waals surface area contributed by atoms with Gasteiger partial charge in [0, 0.05) is 30.7 Å². The van der Waals surface area contributed by atoms with Gasteiger partial charge in [-0.3, -0.25) is 0 Å². The monoisotopic (exact) mass is 302 g/mol. The average Bonchev–Trinajstić information content (AvgIpc) is 2.98. The van der Waals surface area contributed by atoms with Crippen molar-refractivity contribution < 1.29 is 0 Å². The number of anilines is 1. The van der Waals surface area contributed by atoms with Gasteiger partial charge in [0.05, 0.1) is 0 Å². The van der Waals surface area contributed by atoms with Crippen molar-refractivity contribution in [2.45, 2.75) is 26.8 Å². The minimum Gasteiger partial charge on any atom is -0.374 e. The fraction of sp³-hybridized carbons (Fsp3) is 0.444. The zero-order valence-electron chi connectivity index (χ0n) is 13.3. The Kier molecular flexibility index (Phi) is 6.27. The molecule has 0 aliphatic heterocycles. The first-order valence-corrected chi connectivity index (χ1v) is 8.57. The Bertz CT molecular complexity index is 520. The fourth-order valence-electron chi connectivity index (χ4n) is 2.38. The molecule has 0 unspecified atom stereocenters. The lowest BCUT2D eigenvalue weighted by molar-refractivity contribution is 0.552. The number of nitrogens with one attached hydrogen (secondary N) is 1. The van der Waals surface area contributed by atoms with E-state index in [1.54, 1.807) is 0 Å². The number of rotatable bonds is 8. The summed E-state index contributed by atoms with van der Waals surface area (Å²) in [6.07, 6.45) is 1.11. The lowest BCUT2D eigenvalue weighted by Gasteiger charge is -2.22. The molecule has 114 valence electrons. The Morgan fingerprint density at radius 2 is 1.95 bits per heavy atom. The molecule has 0 saturated carbocycles. The molecule has 1 aromatic carbocycles. The van der Waals surface area contributed by atoms with Crippen LogP contribution in [0.4, 0.5) is 5.69 Å². The van der Waals surface area contributed by atoms with Gasteiger partial charge in [-0.05, 0) is 42.0 Å².